The molecule has 2 N–H and O–H groups in total. The fraction of sp³-hybridized carbons (Fsp3) is 0.294. The summed E-state index contributed by atoms with van der Waals surface area (Å²) in [7, 11) is 0. The topological polar surface area (TPSA) is 72.5 Å². The lowest BCUT2D eigenvalue weighted by atomic mass is 10.1. The molecule has 23 heavy (non-hydrogen) atoms. The minimum atomic E-state index is -0.357. The SMILES string of the molecule is C[C@H]1OCCN[C@@H]1C(=O)Nc1cccc(Oc2ccccn2)c1. The molecule has 0 aliphatic carbocycles. The standard InChI is InChI=1S/C17H19N3O3/c1-12-16(19-9-10-22-12)17(21)20-13-5-4-6-14(11-13)23-15-7-2-3-8-18-15/h2-8,11-12,16,19H,9-10H2,1H3,(H,20,21)/t12-,16+/m1/s1. The Bertz CT molecular complexity index is 663. The van der Waals surface area contributed by atoms with Crippen LogP contribution in [0.25, 0.3) is 0 Å². The maximum absolute atomic E-state index is 12.3. The number of pyridine rings is 1. The molecule has 0 spiro atoms. The molecule has 120 valence electrons. The van der Waals surface area contributed by atoms with Crippen molar-refractivity contribution in [2.45, 2.75) is 19.1 Å². The summed E-state index contributed by atoms with van der Waals surface area (Å²) >= 11 is 0. The summed E-state index contributed by atoms with van der Waals surface area (Å²) in [5.41, 5.74) is 0.669. The van der Waals surface area contributed by atoms with Gasteiger partial charge in [-0.3, -0.25) is 4.79 Å². The maximum atomic E-state index is 12.3. The van der Waals surface area contributed by atoms with Crippen molar-refractivity contribution in [2.24, 2.45) is 0 Å². The van der Waals surface area contributed by atoms with Crippen LogP contribution in [0.1, 0.15) is 6.92 Å². The lowest BCUT2D eigenvalue weighted by Crippen LogP contribution is -2.53. The summed E-state index contributed by atoms with van der Waals surface area (Å²) in [5, 5.41) is 6.05. The van der Waals surface area contributed by atoms with Gasteiger partial charge in [0.05, 0.1) is 12.7 Å². The average Bonchev–Trinajstić information content (AvgIpc) is 2.56. The Kier molecular flexibility index (Phi) is 4.85. The fourth-order valence-corrected chi connectivity index (χ4v) is 2.41. The maximum Gasteiger partial charge on any atom is 0.244 e. The first-order chi connectivity index (χ1) is 11.2. The van der Waals surface area contributed by atoms with Gasteiger partial charge in [0.15, 0.2) is 0 Å². The highest BCUT2D eigenvalue weighted by Crippen LogP contribution is 2.22. The Morgan fingerprint density at radius 1 is 1.35 bits per heavy atom. The molecule has 6 nitrogen and oxygen atoms in total. The van der Waals surface area contributed by atoms with Crippen molar-refractivity contribution in [3.8, 4) is 11.6 Å². The number of amides is 1. The van der Waals surface area contributed by atoms with Crippen molar-refractivity contribution in [1.82, 2.24) is 10.3 Å². The molecule has 2 aromatic rings. The van der Waals surface area contributed by atoms with Gasteiger partial charge in [0.1, 0.15) is 11.8 Å². The quantitative estimate of drug-likeness (QED) is 0.905. The third kappa shape index (κ3) is 4.06. The predicted octanol–water partition coefficient (Wildman–Crippen LogP) is 2.19. The molecule has 1 aromatic carbocycles. The third-order valence-electron chi connectivity index (χ3n) is 3.56. The molecular formula is C17H19N3O3. The van der Waals surface area contributed by atoms with E-state index in [9.17, 15) is 4.79 Å². The minimum Gasteiger partial charge on any atom is -0.439 e. The fourth-order valence-electron chi connectivity index (χ4n) is 2.41. The Morgan fingerprint density at radius 3 is 3.04 bits per heavy atom. The highest BCUT2D eigenvalue weighted by Gasteiger charge is 2.28. The van der Waals surface area contributed by atoms with Crippen LogP contribution in [0.4, 0.5) is 5.69 Å². The van der Waals surface area contributed by atoms with Crippen molar-refractivity contribution in [1.29, 1.82) is 0 Å². The normalized spacial score (nSPS) is 20.7. The van der Waals surface area contributed by atoms with Gasteiger partial charge in [0.25, 0.3) is 0 Å². The molecular weight excluding hydrogens is 294 g/mol. The van der Waals surface area contributed by atoms with Gasteiger partial charge in [-0.1, -0.05) is 12.1 Å². The van der Waals surface area contributed by atoms with Gasteiger partial charge in [-0.2, -0.15) is 0 Å². The summed E-state index contributed by atoms with van der Waals surface area (Å²) in [6.07, 6.45) is 1.51. The number of carbonyl (C=O) groups excluding carboxylic acids is 1. The van der Waals surface area contributed by atoms with Crippen LogP contribution in [0, 0.1) is 0 Å². The summed E-state index contributed by atoms with van der Waals surface area (Å²) in [6.45, 7) is 3.18. The van der Waals surface area contributed by atoms with Crippen molar-refractivity contribution < 1.29 is 14.3 Å². The first kappa shape index (κ1) is 15.5. The zero-order chi connectivity index (χ0) is 16.1. The van der Waals surface area contributed by atoms with E-state index in [4.69, 9.17) is 9.47 Å². The second-order valence-electron chi connectivity index (χ2n) is 5.29. The molecule has 1 aromatic heterocycles. The number of nitrogens with one attached hydrogen (secondary N) is 2. The zero-order valence-electron chi connectivity index (χ0n) is 12.9. The van der Waals surface area contributed by atoms with Crippen molar-refractivity contribution in [2.75, 3.05) is 18.5 Å². The van der Waals surface area contributed by atoms with E-state index in [1.165, 1.54) is 0 Å². The molecule has 3 rings (SSSR count). The van der Waals surface area contributed by atoms with Crippen molar-refractivity contribution >= 4 is 11.6 Å². The molecule has 1 amide bonds. The monoisotopic (exact) mass is 313 g/mol. The van der Waals surface area contributed by atoms with Crippen molar-refractivity contribution in [3.63, 3.8) is 0 Å². The highest BCUT2D eigenvalue weighted by molar-refractivity contribution is 5.95. The summed E-state index contributed by atoms with van der Waals surface area (Å²) < 4.78 is 11.2. The van der Waals surface area contributed by atoms with E-state index in [2.05, 4.69) is 15.6 Å². The van der Waals surface area contributed by atoms with Gasteiger partial charge < -0.3 is 20.1 Å². The summed E-state index contributed by atoms with van der Waals surface area (Å²) in [6, 6.07) is 12.3. The number of morpholine rings is 1. The van der Waals surface area contributed by atoms with Gasteiger partial charge in [0, 0.05) is 30.6 Å². The predicted molar refractivity (Wildman–Crippen MR) is 86.6 cm³/mol. The largest absolute Gasteiger partial charge is 0.439 e. The molecule has 0 unspecified atom stereocenters. The molecule has 0 bridgehead atoms. The van der Waals surface area contributed by atoms with Crippen LogP contribution in [0.2, 0.25) is 0 Å². The first-order valence-electron chi connectivity index (χ1n) is 7.57. The summed E-state index contributed by atoms with van der Waals surface area (Å²) in [4.78, 5) is 16.5. The van der Waals surface area contributed by atoms with Gasteiger partial charge in [-0.15, -0.1) is 0 Å². The van der Waals surface area contributed by atoms with Crippen molar-refractivity contribution in [3.05, 3.63) is 48.7 Å². The van der Waals surface area contributed by atoms with E-state index in [1.54, 1.807) is 18.3 Å². The number of hydrogen-bond donors (Lipinski definition) is 2. The van der Waals surface area contributed by atoms with E-state index in [1.807, 2.05) is 37.3 Å². The molecule has 6 heteroatoms. The molecule has 0 radical (unpaired) electrons. The number of hydrogen-bond acceptors (Lipinski definition) is 5. The van der Waals surface area contributed by atoms with E-state index in [0.29, 0.717) is 30.5 Å². The number of carbonyl (C=O) groups is 1. The van der Waals surface area contributed by atoms with Gasteiger partial charge in [0.2, 0.25) is 11.8 Å². The van der Waals surface area contributed by atoms with Crippen LogP contribution in [0.5, 0.6) is 11.6 Å². The lowest BCUT2D eigenvalue weighted by Gasteiger charge is -2.29. The lowest BCUT2D eigenvalue weighted by molar-refractivity contribution is -0.123. The van der Waals surface area contributed by atoms with Crippen LogP contribution in [-0.2, 0) is 9.53 Å². The number of rotatable bonds is 4. The molecule has 1 saturated heterocycles. The molecule has 2 heterocycles. The van der Waals surface area contributed by atoms with Gasteiger partial charge in [-0.25, -0.2) is 4.98 Å². The van der Waals surface area contributed by atoms with Crippen LogP contribution < -0.4 is 15.4 Å². The average molecular weight is 313 g/mol. The Hall–Kier alpha value is -2.44. The Labute approximate surface area is 134 Å². The number of aromatic nitrogens is 1. The second kappa shape index (κ2) is 7.21. The molecule has 2 atom stereocenters. The Balaban J connectivity index is 1.66. The first-order valence-corrected chi connectivity index (χ1v) is 7.57. The molecule has 1 fully saturated rings. The van der Waals surface area contributed by atoms with E-state index in [-0.39, 0.29) is 18.1 Å². The zero-order valence-corrected chi connectivity index (χ0v) is 12.9. The van der Waals surface area contributed by atoms with Crippen LogP contribution in [0.3, 0.4) is 0 Å². The van der Waals surface area contributed by atoms with Crippen LogP contribution in [-0.4, -0.2) is 36.2 Å². The highest BCUT2D eigenvalue weighted by atomic mass is 16.5. The molecule has 0 saturated carbocycles. The number of anilines is 1. The molecule has 1 aliphatic heterocycles. The van der Waals surface area contributed by atoms with Gasteiger partial charge >= 0.3 is 0 Å². The van der Waals surface area contributed by atoms with Crippen LogP contribution in [0.15, 0.2) is 48.7 Å². The Morgan fingerprint density at radius 2 is 2.26 bits per heavy atom. The number of nitrogens with zero attached hydrogens (tertiary/aromatic N) is 1. The van der Waals surface area contributed by atoms with E-state index in [0.717, 1.165) is 0 Å². The smallest absolute Gasteiger partial charge is 0.244 e. The number of benzene rings is 1. The second-order valence-corrected chi connectivity index (χ2v) is 5.29. The van der Waals surface area contributed by atoms with E-state index >= 15 is 0 Å². The number of ether oxygens (including phenoxy) is 2. The van der Waals surface area contributed by atoms with E-state index < -0.39 is 0 Å². The molecule has 1 aliphatic rings. The third-order valence-corrected chi connectivity index (χ3v) is 3.56. The summed E-state index contributed by atoms with van der Waals surface area (Å²) in [5.74, 6) is 1.00. The van der Waals surface area contributed by atoms with Crippen LogP contribution >= 0.6 is 0 Å². The van der Waals surface area contributed by atoms with Gasteiger partial charge in [-0.05, 0) is 25.1 Å². The minimum absolute atomic E-state index is 0.118.